The molecule has 0 radical (unpaired) electrons. The topological polar surface area (TPSA) is 80.0 Å². The molecule has 3 rings (SSSR count). The van der Waals surface area contributed by atoms with E-state index in [2.05, 4.69) is 33.6 Å². The zero-order chi connectivity index (χ0) is 17.6. The van der Waals surface area contributed by atoms with Crippen LogP contribution < -0.4 is 10.6 Å². The maximum Gasteiger partial charge on any atom is 0.224 e. The molecule has 6 nitrogen and oxygen atoms in total. The van der Waals surface area contributed by atoms with Crippen LogP contribution >= 0.6 is 0 Å². The van der Waals surface area contributed by atoms with E-state index in [0.717, 1.165) is 28.5 Å². The summed E-state index contributed by atoms with van der Waals surface area (Å²) in [5.41, 5.74) is 4.10. The highest BCUT2D eigenvalue weighted by molar-refractivity contribution is 5.89. The minimum absolute atomic E-state index is 0.00288. The van der Waals surface area contributed by atoms with Gasteiger partial charge in [-0.1, -0.05) is 12.1 Å². The van der Waals surface area contributed by atoms with Gasteiger partial charge in [0.1, 0.15) is 5.58 Å². The molecule has 1 amide bonds. The first-order valence-corrected chi connectivity index (χ1v) is 8.39. The van der Waals surface area contributed by atoms with Crippen LogP contribution in [-0.2, 0) is 11.2 Å². The molecule has 0 aliphatic carbocycles. The summed E-state index contributed by atoms with van der Waals surface area (Å²) in [6.07, 6.45) is 6.19. The third-order valence-electron chi connectivity index (χ3n) is 4.22. The summed E-state index contributed by atoms with van der Waals surface area (Å²) in [6.45, 7) is 5.40. The molecule has 2 aromatic heterocycles. The van der Waals surface area contributed by atoms with Crippen LogP contribution in [0, 0.1) is 13.8 Å². The highest BCUT2D eigenvalue weighted by Gasteiger charge is 2.12. The fourth-order valence-corrected chi connectivity index (χ4v) is 2.67. The van der Waals surface area contributed by atoms with Crippen molar-refractivity contribution in [3.8, 4) is 0 Å². The van der Waals surface area contributed by atoms with E-state index in [4.69, 9.17) is 4.42 Å². The number of nitrogens with zero attached hydrogens (tertiary/aromatic N) is 2. The third kappa shape index (κ3) is 4.15. The van der Waals surface area contributed by atoms with E-state index in [0.29, 0.717) is 25.5 Å². The summed E-state index contributed by atoms with van der Waals surface area (Å²) in [5.74, 6) is 0.598. The minimum atomic E-state index is -0.00288. The fraction of sp³-hybridized carbons (Fsp3) is 0.316. The van der Waals surface area contributed by atoms with E-state index in [1.54, 1.807) is 24.7 Å². The first-order valence-electron chi connectivity index (χ1n) is 8.39. The van der Waals surface area contributed by atoms with Crippen LogP contribution in [-0.4, -0.2) is 29.0 Å². The largest absolute Gasteiger partial charge is 0.464 e. The number of rotatable bonds is 7. The minimum Gasteiger partial charge on any atom is -0.464 e. The number of nitrogens with one attached hydrogen (secondary N) is 2. The maximum atomic E-state index is 12.1. The van der Waals surface area contributed by atoms with Crippen molar-refractivity contribution in [1.82, 2.24) is 15.3 Å². The van der Waals surface area contributed by atoms with Gasteiger partial charge >= 0.3 is 0 Å². The van der Waals surface area contributed by atoms with Gasteiger partial charge in [-0.05, 0) is 37.5 Å². The summed E-state index contributed by atoms with van der Waals surface area (Å²) in [5, 5.41) is 7.06. The van der Waals surface area contributed by atoms with Gasteiger partial charge in [0.15, 0.2) is 0 Å². The summed E-state index contributed by atoms with van der Waals surface area (Å²) in [7, 11) is 0. The summed E-state index contributed by atoms with van der Waals surface area (Å²) in [6, 6.07) is 5.85. The van der Waals surface area contributed by atoms with Crippen LogP contribution in [0.25, 0.3) is 11.0 Å². The number of carbonyl (C=O) groups excluding carboxylic acids is 1. The standard InChI is InChI=1S/C19H22N4O2/c1-13-5-6-16-15(12-25-18(16)14(13)2)11-17(24)20-7-3-8-21-19-22-9-4-10-23-19/h4-6,9-10,12H,3,7-8,11H2,1-2H3,(H,20,24)(H,21,22,23). The number of anilines is 1. The SMILES string of the molecule is Cc1ccc2c(CC(=O)NCCCNc3ncccn3)coc2c1C. The molecule has 130 valence electrons. The molecule has 0 fully saturated rings. The average molecular weight is 338 g/mol. The number of hydrogen-bond acceptors (Lipinski definition) is 5. The van der Waals surface area contributed by atoms with E-state index in [9.17, 15) is 4.79 Å². The second-order valence-corrected chi connectivity index (χ2v) is 6.02. The van der Waals surface area contributed by atoms with Crippen molar-refractivity contribution >= 4 is 22.8 Å². The lowest BCUT2D eigenvalue weighted by Gasteiger charge is -2.06. The first-order chi connectivity index (χ1) is 12.1. The van der Waals surface area contributed by atoms with Crippen LogP contribution in [0.5, 0.6) is 0 Å². The van der Waals surface area contributed by atoms with Crippen molar-refractivity contribution < 1.29 is 9.21 Å². The highest BCUT2D eigenvalue weighted by atomic mass is 16.3. The van der Waals surface area contributed by atoms with Crippen molar-refractivity contribution in [1.29, 1.82) is 0 Å². The zero-order valence-corrected chi connectivity index (χ0v) is 14.5. The Balaban J connectivity index is 1.46. The Labute approximate surface area is 146 Å². The van der Waals surface area contributed by atoms with Gasteiger partial charge in [-0.15, -0.1) is 0 Å². The lowest BCUT2D eigenvalue weighted by Crippen LogP contribution is -2.27. The Morgan fingerprint density at radius 2 is 1.96 bits per heavy atom. The Hall–Kier alpha value is -2.89. The number of fused-ring (bicyclic) bond motifs is 1. The Kier molecular flexibility index (Phi) is 5.28. The molecule has 0 aliphatic heterocycles. The smallest absolute Gasteiger partial charge is 0.224 e. The van der Waals surface area contributed by atoms with Gasteiger partial charge in [-0.2, -0.15) is 0 Å². The number of furan rings is 1. The monoisotopic (exact) mass is 338 g/mol. The Bertz CT molecular complexity index is 858. The molecule has 0 saturated heterocycles. The molecular weight excluding hydrogens is 316 g/mol. The maximum absolute atomic E-state index is 12.1. The molecule has 0 aliphatic rings. The lowest BCUT2D eigenvalue weighted by molar-refractivity contribution is -0.120. The average Bonchev–Trinajstić information content (AvgIpc) is 3.02. The Morgan fingerprint density at radius 1 is 1.16 bits per heavy atom. The molecule has 0 atom stereocenters. The molecule has 0 unspecified atom stereocenters. The van der Waals surface area contributed by atoms with Crippen molar-refractivity contribution in [2.75, 3.05) is 18.4 Å². The normalized spacial score (nSPS) is 10.8. The van der Waals surface area contributed by atoms with Gasteiger partial charge in [0, 0.05) is 36.4 Å². The molecule has 0 spiro atoms. The molecule has 6 heteroatoms. The second kappa shape index (κ2) is 7.79. The van der Waals surface area contributed by atoms with Crippen molar-refractivity contribution in [3.63, 3.8) is 0 Å². The van der Waals surface area contributed by atoms with Gasteiger partial charge in [-0.3, -0.25) is 4.79 Å². The molecule has 3 aromatic rings. The van der Waals surface area contributed by atoms with Crippen LogP contribution in [0.2, 0.25) is 0 Å². The predicted octanol–water partition coefficient (Wildman–Crippen LogP) is 3.00. The molecule has 1 aromatic carbocycles. The predicted molar refractivity (Wildman–Crippen MR) is 97.5 cm³/mol. The van der Waals surface area contributed by atoms with E-state index >= 15 is 0 Å². The zero-order valence-electron chi connectivity index (χ0n) is 14.5. The summed E-state index contributed by atoms with van der Waals surface area (Å²) >= 11 is 0. The van der Waals surface area contributed by atoms with E-state index in [1.165, 1.54) is 5.56 Å². The van der Waals surface area contributed by atoms with Gasteiger partial charge in [0.25, 0.3) is 0 Å². The second-order valence-electron chi connectivity index (χ2n) is 6.02. The summed E-state index contributed by atoms with van der Waals surface area (Å²) < 4.78 is 5.65. The van der Waals surface area contributed by atoms with E-state index in [1.807, 2.05) is 13.0 Å². The molecule has 0 saturated carbocycles. The van der Waals surface area contributed by atoms with Crippen molar-refractivity contribution in [3.05, 3.63) is 53.5 Å². The quantitative estimate of drug-likeness (QED) is 0.647. The van der Waals surface area contributed by atoms with Gasteiger partial charge in [0.2, 0.25) is 11.9 Å². The first kappa shape index (κ1) is 17.0. The molecule has 2 heterocycles. The Morgan fingerprint density at radius 3 is 2.76 bits per heavy atom. The number of carbonyl (C=O) groups is 1. The van der Waals surface area contributed by atoms with Gasteiger partial charge in [0.05, 0.1) is 12.7 Å². The molecular formula is C19H22N4O2. The molecule has 2 N–H and O–H groups in total. The molecule has 0 bridgehead atoms. The van der Waals surface area contributed by atoms with Crippen LogP contribution in [0.15, 0.2) is 41.3 Å². The van der Waals surface area contributed by atoms with Crippen LogP contribution in [0.1, 0.15) is 23.1 Å². The van der Waals surface area contributed by atoms with E-state index < -0.39 is 0 Å². The third-order valence-corrected chi connectivity index (χ3v) is 4.22. The van der Waals surface area contributed by atoms with Crippen molar-refractivity contribution in [2.45, 2.75) is 26.7 Å². The van der Waals surface area contributed by atoms with Crippen LogP contribution in [0.4, 0.5) is 5.95 Å². The fourth-order valence-electron chi connectivity index (χ4n) is 2.67. The van der Waals surface area contributed by atoms with Gasteiger partial charge in [-0.25, -0.2) is 9.97 Å². The van der Waals surface area contributed by atoms with Crippen molar-refractivity contribution in [2.24, 2.45) is 0 Å². The number of amides is 1. The summed E-state index contributed by atoms with van der Waals surface area (Å²) in [4.78, 5) is 20.3. The van der Waals surface area contributed by atoms with Crippen LogP contribution in [0.3, 0.4) is 0 Å². The highest BCUT2D eigenvalue weighted by Crippen LogP contribution is 2.26. The molecule has 25 heavy (non-hydrogen) atoms. The number of aryl methyl sites for hydroxylation is 2. The van der Waals surface area contributed by atoms with E-state index in [-0.39, 0.29) is 5.91 Å². The number of benzene rings is 1. The van der Waals surface area contributed by atoms with Gasteiger partial charge < -0.3 is 15.1 Å². The number of aromatic nitrogens is 2. The number of hydrogen-bond donors (Lipinski definition) is 2. The lowest BCUT2D eigenvalue weighted by atomic mass is 10.0.